The summed E-state index contributed by atoms with van der Waals surface area (Å²) in [6.45, 7) is 2.00. The Balaban J connectivity index is 2.23. The Hall–Kier alpha value is -0.810. The molecule has 2 aromatic carbocycles. The molecule has 0 heterocycles. The quantitative estimate of drug-likeness (QED) is 0.499. The highest BCUT2D eigenvalue weighted by molar-refractivity contribution is 9.10. The van der Waals surface area contributed by atoms with Gasteiger partial charge in [-0.1, -0.05) is 67.8 Å². The second-order valence-electron chi connectivity index (χ2n) is 4.89. The predicted octanol–water partition coefficient (Wildman–Crippen LogP) is 6.46. The third kappa shape index (κ3) is 4.33. The maximum Gasteiger partial charge on any atom is 0.417 e. The molecule has 21 heavy (non-hydrogen) atoms. The first-order valence-electron chi connectivity index (χ1n) is 6.33. The molecule has 1 unspecified atom stereocenters. The van der Waals surface area contributed by atoms with Crippen molar-refractivity contribution in [1.29, 1.82) is 0 Å². The fourth-order valence-electron chi connectivity index (χ4n) is 2.00. The molecule has 0 aliphatic rings. The molecule has 1 atom stereocenters. The summed E-state index contributed by atoms with van der Waals surface area (Å²) >= 11 is 6.44. The van der Waals surface area contributed by atoms with Gasteiger partial charge >= 0.3 is 6.18 Å². The standard InChI is InChI=1S/C16H13Br2F3/c1-10-2-4-11(5-3-10)8-15(18)12-6-7-14(17)13(9-12)16(19,20)21/h2-7,9,15H,8H2,1H3. The highest BCUT2D eigenvalue weighted by atomic mass is 79.9. The topological polar surface area (TPSA) is 0 Å². The van der Waals surface area contributed by atoms with Crippen LogP contribution in [0.15, 0.2) is 46.9 Å². The maximum absolute atomic E-state index is 12.9. The van der Waals surface area contributed by atoms with Crippen LogP contribution in [0.25, 0.3) is 0 Å². The molecule has 2 aromatic rings. The monoisotopic (exact) mass is 420 g/mol. The smallest absolute Gasteiger partial charge is 0.166 e. The summed E-state index contributed by atoms with van der Waals surface area (Å²) in [6.07, 6.45) is -3.72. The number of aryl methyl sites for hydroxylation is 1. The van der Waals surface area contributed by atoms with E-state index in [1.165, 1.54) is 12.1 Å². The molecule has 0 aliphatic heterocycles. The van der Waals surface area contributed by atoms with Crippen LogP contribution >= 0.6 is 31.9 Å². The minimum absolute atomic E-state index is 0.0637. The summed E-state index contributed by atoms with van der Waals surface area (Å²) in [5.74, 6) is 0. The Morgan fingerprint density at radius 1 is 1.05 bits per heavy atom. The van der Waals surface area contributed by atoms with Crippen molar-refractivity contribution in [3.63, 3.8) is 0 Å². The molecule has 0 N–H and O–H groups in total. The molecule has 0 aliphatic carbocycles. The van der Waals surface area contributed by atoms with Crippen molar-refractivity contribution in [2.45, 2.75) is 24.3 Å². The summed E-state index contributed by atoms with van der Waals surface area (Å²) in [4.78, 5) is -0.158. The lowest BCUT2D eigenvalue weighted by atomic mass is 10.0. The van der Waals surface area contributed by atoms with Crippen molar-refractivity contribution < 1.29 is 13.2 Å². The van der Waals surface area contributed by atoms with Crippen LogP contribution in [0, 0.1) is 6.92 Å². The lowest BCUT2D eigenvalue weighted by Gasteiger charge is -2.15. The number of hydrogen-bond acceptors (Lipinski definition) is 0. The van der Waals surface area contributed by atoms with E-state index in [0.717, 1.165) is 11.1 Å². The van der Waals surface area contributed by atoms with E-state index in [9.17, 15) is 13.2 Å². The van der Waals surface area contributed by atoms with Crippen LogP contribution in [0.5, 0.6) is 0 Å². The summed E-state index contributed by atoms with van der Waals surface area (Å²) in [5.41, 5.74) is 2.21. The third-order valence-corrected chi connectivity index (χ3v) is 4.74. The Morgan fingerprint density at radius 3 is 2.24 bits per heavy atom. The van der Waals surface area contributed by atoms with Gasteiger partial charge in [-0.25, -0.2) is 0 Å². The van der Waals surface area contributed by atoms with E-state index < -0.39 is 11.7 Å². The molecule has 2 rings (SSSR count). The Bertz CT molecular complexity index is 618. The Kier molecular flexibility index (Phi) is 5.15. The largest absolute Gasteiger partial charge is 0.417 e. The van der Waals surface area contributed by atoms with E-state index >= 15 is 0 Å². The van der Waals surface area contributed by atoms with Crippen molar-refractivity contribution >= 4 is 31.9 Å². The first-order valence-corrected chi connectivity index (χ1v) is 8.04. The molecule has 5 heteroatoms. The molecule has 112 valence electrons. The van der Waals surface area contributed by atoms with Crippen molar-refractivity contribution in [2.75, 3.05) is 0 Å². The van der Waals surface area contributed by atoms with Crippen LogP contribution in [-0.2, 0) is 12.6 Å². The van der Waals surface area contributed by atoms with Gasteiger partial charge in [0, 0.05) is 9.30 Å². The molecule has 0 saturated carbocycles. The first-order chi connectivity index (χ1) is 9.77. The number of benzene rings is 2. The zero-order valence-corrected chi connectivity index (χ0v) is 14.4. The molecule has 0 aromatic heterocycles. The second kappa shape index (κ2) is 6.53. The predicted molar refractivity (Wildman–Crippen MR) is 85.7 cm³/mol. The van der Waals surface area contributed by atoms with Crippen molar-refractivity contribution in [3.05, 3.63) is 69.2 Å². The van der Waals surface area contributed by atoms with Crippen LogP contribution in [0.4, 0.5) is 13.2 Å². The lowest BCUT2D eigenvalue weighted by molar-refractivity contribution is -0.138. The number of halogens is 5. The van der Waals surface area contributed by atoms with Gasteiger partial charge in [-0.2, -0.15) is 13.2 Å². The zero-order chi connectivity index (χ0) is 15.6. The van der Waals surface area contributed by atoms with E-state index in [0.29, 0.717) is 12.0 Å². The van der Waals surface area contributed by atoms with Gasteiger partial charge in [-0.05, 0) is 36.6 Å². The van der Waals surface area contributed by atoms with E-state index in [1.807, 2.05) is 31.2 Å². The molecule has 0 nitrogen and oxygen atoms in total. The summed E-state index contributed by atoms with van der Waals surface area (Å²) in [5, 5.41) is 0. The van der Waals surface area contributed by atoms with E-state index in [1.54, 1.807) is 6.07 Å². The van der Waals surface area contributed by atoms with Crippen LogP contribution in [0.1, 0.15) is 27.1 Å². The summed E-state index contributed by atoms with van der Waals surface area (Å²) < 4.78 is 38.8. The second-order valence-corrected chi connectivity index (χ2v) is 6.85. The molecule has 0 saturated heterocycles. The van der Waals surface area contributed by atoms with Crippen LogP contribution in [0.3, 0.4) is 0 Å². The Labute approximate surface area is 138 Å². The van der Waals surface area contributed by atoms with E-state index in [2.05, 4.69) is 31.9 Å². The molecule has 0 amide bonds. The van der Waals surface area contributed by atoms with Crippen LogP contribution in [0.2, 0.25) is 0 Å². The SMILES string of the molecule is Cc1ccc(CC(Br)c2ccc(Br)c(C(F)(F)F)c2)cc1. The molecule has 0 radical (unpaired) electrons. The maximum atomic E-state index is 12.9. The first kappa shape index (κ1) is 16.6. The third-order valence-electron chi connectivity index (χ3n) is 3.19. The zero-order valence-electron chi connectivity index (χ0n) is 11.2. The van der Waals surface area contributed by atoms with Gasteiger partial charge in [0.05, 0.1) is 5.56 Å². The molecular formula is C16H13Br2F3. The van der Waals surface area contributed by atoms with E-state index in [-0.39, 0.29) is 9.30 Å². The number of rotatable bonds is 3. The van der Waals surface area contributed by atoms with Crippen molar-refractivity contribution in [1.82, 2.24) is 0 Å². The minimum Gasteiger partial charge on any atom is -0.166 e. The van der Waals surface area contributed by atoms with Crippen molar-refractivity contribution in [3.8, 4) is 0 Å². The van der Waals surface area contributed by atoms with E-state index in [4.69, 9.17) is 0 Å². The summed E-state index contributed by atoms with van der Waals surface area (Å²) in [6, 6.07) is 12.3. The van der Waals surface area contributed by atoms with Crippen LogP contribution in [-0.4, -0.2) is 0 Å². The van der Waals surface area contributed by atoms with Gasteiger partial charge in [-0.3, -0.25) is 0 Å². The highest BCUT2D eigenvalue weighted by Gasteiger charge is 2.33. The molecular weight excluding hydrogens is 409 g/mol. The number of alkyl halides is 4. The number of hydrogen-bond donors (Lipinski definition) is 0. The fourth-order valence-corrected chi connectivity index (χ4v) is 3.13. The van der Waals surface area contributed by atoms with Gasteiger partial charge in [0.1, 0.15) is 0 Å². The van der Waals surface area contributed by atoms with Gasteiger partial charge < -0.3 is 0 Å². The summed E-state index contributed by atoms with van der Waals surface area (Å²) in [7, 11) is 0. The van der Waals surface area contributed by atoms with Gasteiger partial charge in [0.25, 0.3) is 0 Å². The molecule has 0 bridgehead atoms. The lowest BCUT2D eigenvalue weighted by Crippen LogP contribution is -2.07. The minimum atomic E-state index is -4.36. The molecule has 0 spiro atoms. The normalized spacial score (nSPS) is 13.2. The highest BCUT2D eigenvalue weighted by Crippen LogP contribution is 2.38. The fraction of sp³-hybridized carbons (Fsp3) is 0.250. The average molecular weight is 422 g/mol. The van der Waals surface area contributed by atoms with Gasteiger partial charge in [0.2, 0.25) is 0 Å². The van der Waals surface area contributed by atoms with Gasteiger partial charge in [-0.15, -0.1) is 0 Å². The Morgan fingerprint density at radius 2 is 1.67 bits per heavy atom. The average Bonchev–Trinajstić information content (AvgIpc) is 2.40. The molecule has 0 fully saturated rings. The van der Waals surface area contributed by atoms with Crippen LogP contribution < -0.4 is 0 Å². The van der Waals surface area contributed by atoms with Crippen molar-refractivity contribution in [2.24, 2.45) is 0 Å². The van der Waals surface area contributed by atoms with Gasteiger partial charge in [0.15, 0.2) is 0 Å².